The first-order valence-electron chi connectivity index (χ1n) is 19.3. The van der Waals surface area contributed by atoms with Crippen LogP contribution in [-0.2, 0) is 28.7 Å². The summed E-state index contributed by atoms with van der Waals surface area (Å²) in [6, 6.07) is 6.74. The summed E-state index contributed by atoms with van der Waals surface area (Å²) in [7, 11) is 5.13. The molecule has 1 heterocycles. The number of Topliss-reactive ketones (excluding diaryl/α,β-unsaturated/α-hetero) is 1. The molecule has 3 saturated carbocycles. The Hall–Kier alpha value is -4.40. The molecule has 6 atom stereocenters. The maximum Gasteiger partial charge on any atom is 0.407 e. The third kappa shape index (κ3) is 14.0. The van der Waals surface area contributed by atoms with E-state index in [4.69, 9.17) is 9.53 Å². The molecular formula is C40H60F2N6O7. The van der Waals surface area contributed by atoms with Gasteiger partial charge in [-0.3, -0.25) is 24.1 Å². The van der Waals surface area contributed by atoms with E-state index in [-0.39, 0.29) is 61.3 Å². The number of hydrogen-bond donors (Lipinski definition) is 4. The molecule has 3 aliphatic carbocycles. The number of amides is 4. The Morgan fingerprint density at radius 1 is 1.02 bits per heavy atom. The number of nitrogens with two attached hydrogens (primary N) is 1. The fourth-order valence-electron chi connectivity index (χ4n) is 8.05. The number of carbonyl (C=O) groups is 6. The summed E-state index contributed by atoms with van der Waals surface area (Å²) in [4.78, 5) is 73.1. The Balaban J connectivity index is 0.000000376. The van der Waals surface area contributed by atoms with E-state index in [1.807, 2.05) is 18.0 Å². The lowest BCUT2D eigenvalue weighted by atomic mass is 9.84. The number of rotatable bonds is 15. The summed E-state index contributed by atoms with van der Waals surface area (Å²) in [5, 5.41) is 8.59. The Kier molecular flexibility index (Phi) is 17.7. The number of hydrogen-bond acceptors (Lipinski definition) is 9. The first kappa shape index (κ1) is 45.0. The second-order valence-corrected chi connectivity index (χ2v) is 15.3. The predicted octanol–water partition coefficient (Wildman–Crippen LogP) is 4.12. The number of fused-ring (bicyclic) bond motifs is 1. The van der Waals surface area contributed by atoms with Gasteiger partial charge in [0, 0.05) is 39.2 Å². The van der Waals surface area contributed by atoms with Gasteiger partial charge in [-0.15, -0.1) is 0 Å². The van der Waals surface area contributed by atoms with E-state index in [9.17, 15) is 32.8 Å². The highest BCUT2D eigenvalue weighted by Gasteiger charge is 2.54. The second-order valence-electron chi connectivity index (χ2n) is 15.3. The fourth-order valence-corrected chi connectivity index (χ4v) is 8.05. The molecule has 55 heavy (non-hydrogen) atoms. The minimum absolute atomic E-state index is 0.0870. The minimum atomic E-state index is -2.66. The van der Waals surface area contributed by atoms with Crippen molar-refractivity contribution in [3.8, 4) is 0 Å². The predicted molar refractivity (Wildman–Crippen MR) is 203 cm³/mol. The van der Waals surface area contributed by atoms with Crippen LogP contribution in [0.15, 0.2) is 42.6 Å². The number of carbonyl (C=O) groups excluding carboxylic acids is 6. The van der Waals surface area contributed by atoms with Gasteiger partial charge in [0.2, 0.25) is 24.1 Å². The monoisotopic (exact) mass is 774 g/mol. The molecule has 1 aromatic carbocycles. The summed E-state index contributed by atoms with van der Waals surface area (Å²) < 4.78 is 32.9. The van der Waals surface area contributed by atoms with Crippen LogP contribution in [0.3, 0.4) is 0 Å². The maximum absolute atomic E-state index is 14.1. The lowest BCUT2D eigenvalue weighted by molar-refractivity contribution is -0.136. The Bertz CT molecular complexity index is 1450. The van der Waals surface area contributed by atoms with Gasteiger partial charge in [0.15, 0.2) is 5.78 Å². The van der Waals surface area contributed by atoms with E-state index in [0.717, 1.165) is 44.8 Å². The van der Waals surface area contributed by atoms with Gasteiger partial charge in [-0.25, -0.2) is 13.6 Å². The molecule has 0 radical (unpaired) electrons. The topological polar surface area (TPSA) is 180 Å². The van der Waals surface area contributed by atoms with Gasteiger partial charge in [-0.2, -0.15) is 0 Å². The Morgan fingerprint density at radius 3 is 2.22 bits per heavy atom. The number of nitrogens with one attached hydrogen (secondary N) is 3. The molecule has 1 aromatic rings. The molecule has 5 rings (SSSR count). The van der Waals surface area contributed by atoms with E-state index in [2.05, 4.69) is 28.3 Å². The van der Waals surface area contributed by atoms with Crippen molar-refractivity contribution in [1.82, 2.24) is 25.8 Å². The molecule has 13 nitrogen and oxygen atoms in total. The Morgan fingerprint density at radius 2 is 1.65 bits per heavy atom. The van der Waals surface area contributed by atoms with Crippen LogP contribution in [0.1, 0.15) is 89.2 Å². The van der Waals surface area contributed by atoms with Crippen molar-refractivity contribution in [2.45, 2.75) is 108 Å². The van der Waals surface area contributed by atoms with Gasteiger partial charge in [-0.05, 0) is 62.5 Å². The average molecular weight is 775 g/mol. The normalized spacial score (nSPS) is 23.1. The van der Waals surface area contributed by atoms with Gasteiger partial charge in [0.1, 0.15) is 12.3 Å². The number of ketones is 1. The molecule has 5 N–H and O–H groups in total. The summed E-state index contributed by atoms with van der Waals surface area (Å²) in [6.45, 7) is 6.82. The number of benzene rings is 1. The van der Waals surface area contributed by atoms with Crippen LogP contribution in [0.2, 0.25) is 0 Å². The van der Waals surface area contributed by atoms with Crippen LogP contribution >= 0.6 is 0 Å². The second kappa shape index (κ2) is 21.6. The number of halogens is 2. The SMILES string of the molecule is C=C(NC(CC1CC1)C(=O)CC(=O)NC(C(=O)N(C)C)c1ccccc1)C1[C@H]2CC(F)(F)C[C@H]2CN1C.CCOC(=O)NC(C=O)C1CCCCC1.NC=O. The van der Waals surface area contributed by atoms with Crippen LogP contribution in [-0.4, -0.2) is 105 Å². The van der Waals surface area contributed by atoms with Gasteiger partial charge in [-0.1, -0.05) is 69.0 Å². The van der Waals surface area contributed by atoms with Crippen LogP contribution in [0, 0.1) is 23.7 Å². The van der Waals surface area contributed by atoms with Crippen molar-refractivity contribution in [3.63, 3.8) is 0 Å². The summed E-state index contributed by atoms with van der Waals surface area (Å²) >= 11 is 0. The first-order valence-corrected chi connectivity index (χ1v) is 19.3. The molecule has 4 aliphatic rings. The molecule has 4 unspecified atom stereocenters. The molecular weight excluding hydrogens is 714 g/mol. The molecule has 1 saturated heterocycles. The maximum atomic E-state index is 14.1. The molecule has 4 amide bonds. The molecule has 0 spiro atoms. The lowest BCUT2D eigenvalue weighted by Crippen LogP contribution is -2.46. The van der Waals surface area contributed by atoms with Gasteiger partial charge >= 0.3 is 6.09 Å². The van der Waals surface area contributed by atoms with E-state index >= 15 is 0 Å². The number of alkyl halides is 2. The zero-order valence-electron chi connectivity index (χ0n) is 32.6. The number of alkyl carbamates (subject to hydrolysis) is 1. The van der Waals surface area contributed by atoms with Gasteiger partial charge < -0.3 is 36.1 Å². The molecule has 0 bridgehead atoms. The molecule has 306 valence electrons. The first-order chi connectivity index (χ1) is 26.1. The van der Waals surface area contributed by atoms with E-state index in [1.165, 1.54) is 11.3 Å². The smallest absolute Gasteiger partial charge is 0.407 e. The number of aldehydes is 1. The summed E-state index contributed by atoms with van der Waals surface area (Å²) in [5.41, 5.74) is 5.37. The fraction of sp³-hybridized carbons (Fsp3) is 0.650. The van der Waals surface area contributed by atoms with Crippen molar-refractivity contribution in [2.24, 2.45) is 29.4 Å². The van der Waals surface area contributed by atoms with Crippen LogP contribution in [0.25, 0.3) is 0 Å². The standard InChI is InChI=1S/C28H38F2N4O3.C11H19NO3.CH3NO/c1-17(26-21-15-28(29,30)14-20(21)16-34(26)4)31-22(12-18-10-11-18)23(35)13-24(36)32-25(27(37)33(2)3)19-8-6-5-7-9-19;1-2-15-11(14)12-10(8-13)9-6-4-3-5-7-9;2-1-3/h5-9,18,20-22,25-26,31H,1,10-16H2,2-4H3,(H,32,36);8-10H,2-7H2,1H3,(H,12,14);1H,(H2,2,3)/t20-,21-,22?,25?,26?;;/m0../s1. The number of likely N-dealkylation sites (tertiary alicyclic amines) is 1. The van der Waals surface area contributed by atoms with Gasteiger partial charge in [0.25, 0.3) is 0 Å². The molecule has 4 fully saturated rings. The van der Waals surface area contributed by atoms with Crippen molar-refractivity contribution >= 4 is 36.4 Å². The van der Waals surface area contributed by atoms with E-state index in [1.54, 1.807) is 45.3 Å². The molecule has 1 aliphatic heterocycles. The zero-order valence-corrected chi connectivity index (χ0v) is 32.6. The highest BCUT2D eigenvalue weighted by molar-refractivity contribution is 6.02. The highest BCUT2D eigenvalue weighted by atomic mass is 19.3. The third-order valence-corrected chi connectivity index (χ3v) is 10.8. The largest absolute Gasteiger partial charge is 0.450 e. The lowest BCUT2D eigenvalue weighted by Gasteiger charge is -2.30. The van der Waals surface area contributed by atoms with Crippen LogP contribution in [0.5, 0.6) is 0 Å². The van der Waals surface area contributed by atoms with Gasteiger partial charge in [0.05, 0.1) is 31.2 Å². The number of likely N-dealkylation sites (N-methyl/N-ethyl adjacent to an activating group) is 2. The number of primary amides is 1. The van der Waals surface area contributed by atoms with Crippen molar-refractivity contribution in [1.29, 1.82) is 0 Å². The third-order valence-electron chi connectivity index (χ3n) is 10.8. The minimum Gasteiger partial charge on any atom is -0.450 e. The van der Waals surface area contributed by atoms with E-state index in [0.29, 0.717) is 42.7 Å². The average Bonchev–Trinajstić information content (AvgIpc) is 3.85. The Labute approximate surface area is 323 Å². The van der Waals surface area contributed by atoms with Crippen LogP contribution in [0.4, 0.5) is 13.6 Å². The number of nitrogens with zero attached hydrogens (tertiary/aromatic N) is 2. The molecule has 15 heteroatoms. The quantitative estimate of drug-likeness (QED) is 0.151. The van der Waals surface area contributed by atoms with Crippen molar-refractivity contribution < 1.29 is 42.3 Å². The highest BCUT2D eigenvalue weighted by Crippen LogP contribution is 2.50. The summed E-state index contributed by atoms with van der Waals surface area (Å²) in [5.74, 6) is -3.37. The molecule has 0 aromatic heterocycles. The van der Waals surface area contributed by atoms with E-state index < -0.39 is 30.0 Å². The van der Waals surface area contributed by atoms with Crippen molar-refractivity contribution in [3.05, 3.63) is 48.2 Å². The number of ether oxygens (including phenoxy) is 1. The van der Waals surface area contributed by atoms with Crippen LogP contribution < -0.4 is 21.7 Å². The summed E-state index contributed by atoms with van der Waals surface area (Å²) in [6.07, 6.45) is 8.15. The zero-order chi connectivity index (χ0) is 40.7. The van der Waals surface area contributed by atoms with Crippen molar-refractivity contribution in [2.75, 3.05) is 34.3 Å².